The van der Waals surface area contributed by atoms with Crippen LogP contribution < -0.4 is 9.46 Å². The minimum Gasteiger partial charge on any atom is -0.496 e. The second-order valence-corrected chi connectivity index (χ2v) is 5.53. The van der Waals surface area contributed by atoms with Gasteiger partial charge in [0.2, 0.25) is 10.0 Å². The van der Waals surface area contributed by atoms with Crippen molar-refractivity contribution < 1.29 is 13.2 Å². The number of ether oxygens (including phenoxy) is 1. The normalized spacial score (nSPS) is 13.4. The molecule has 16 heavy (non-hydrogen) atoms. The minimum absolute atomic E-state index is 0.0759. The van der Waals surface area contributed by atoms with Gasteiger partial charge in [-0.3, -0.25) is 0 Å². The summed E-state index contributed by atoms with van der Waals surface area (Å²) in [6.07, 6.45) is 0. The summed E-state index contributed by atoms with van der Waals surface area (Å²) in [6.45, 7) is 3.41. The van der Waals surface area contributed by atoms with E-state index in [2.05, 4.69) is 4.72 Å². The smallest absolute Gasteiger partial charge is 0.211 e. The molecule has 1 rings (SSSR count). The Morgan fingerprint density at radius 1 is 1.38 bits per heavy atom. The number of methoxy groups -OCH3 is 1. The fraction of sp³-hybridized carbons (Fsp3) is 0.455. The first-order chi connectivity index (χ1) is 7.50. The third-order valence-electron chi connectivity index (χ3n) is 2.34. The average molecular weight is 243 g/mol. The largest absolute Gasteiger partial charge is 0.496 e. The Hall–Kier alpha value is -1.07. The van der Waals surface area contributed by atoms with Gasteiger partial charge in [0.25, 0.3) is 0 Å². The van der Waals surface area contributed by atoms with E-state index in [0.29, 0.717) is 5.75 Å². The van der Waals surface area contributed by atoms with Crippen LogP contribution in [0.25, 0.3) is 0 Å². The lowest BCUT2D eigenvalue weighted by atomic mass is 10.1. The Kier molecular flexibility index (Phi) is 4.32. The van der Waals surface area contributed by atoms with E-state index in [4.69, 9.17) is 4.74 Å². The van der Waals surface area contributed by atoms with E-state index in [1.54, 1.807) is 21.0 Å². The molecule has 90 valence electrons. The molecule has 1 atom stereocenters. The number of nitrogens with one attached hydrogen (secondary N) is 1. The zero-order chi connectivity index (χ0) is 12.2. The number of benzene rings is 1. The summed E-state index contributed by atoms with van der Waals surface area (Å²) < 4.78 is 30.6. The lowest BCUT2D eigenvalue weighted by Crippen LogP contribution is -2.28. The number of hydrogen-bond acceptors (Lipinski definition) is 3. The summed E-state index contributed by atoms with van der Waals surface area (Å²) in [4.78, 5) is 0. The van der Waals surface area contributed by atoms with Crippen LogP contribution in [0.3, 0.4) is 0 Å². The molecular weight excluding hydrogens is 226 g/mol. The SMILES string of the molecule is CCS(=O)(=O)N[C@H](C)c1ccccc1OC. The highest BCUT2D eigenvalue weighted by Crippen LogP contribution is 2.24. The van der Waals surface area contributed by atoms with Crippen molar-refractivity contribution in [2.75, 3.05) is 12.9 Å². The van der Waals surface area contributed by atoms with Gasteiger partial charge in [0, 0.05) is 11.6 Å². The molecular formula is C11H17NO3S. The molecule has 0 saturated carbocycles. The van der Waals surface area contributed by atoms with E-state index >= 15 is 0 Å². The van der Waals surface area contributed by atoms with Crippen molar-refractivity contribution in [3.05, 3.63) is 29.8 Å². The predicted molar refractivity (Wildman–Crippen MR) is 64.0 cm³/mol. The van der Waals surface area contributed by atoms with Gasteiger partial charge >= 0.3 is 0 Å². The summed E-state index contributed by atoms with van der Waals surface area (Å²) in [6, 6.07) is 7.08. The molecule has 0 amide bonds. The van der Waals surface area contributed by atoms with Gasteiger partial charge in [-0.15, -0.1) is 0 Å². The zero-order valence-electron chi connectivity index (χ0n) is 9.73. The van der Waals surface area contributed by atoms with Gasteiger partial charge in [-0.25, -0.2) is 13.1 Å². The van der Waals surface area contributed by atoms with Crippen molar-refractivity contribution >= 4 is 10.0 Å². The van der Waals surface area contributed by atoms with Crippen LogP contribution in [0.1, 0.15) is 25.5 Å². The highest BCUT2D eigenvalue weighted by molar-refractivity contribution is 7.89. The van der Waals surface area contributed by atoms with E-state index in [1.807, 2.05) is 24.3 Å². The van der Waals surface area contributed by atoms with Gasteiger partial charge in [-0.1, -0.05) is 18.2 Å². The van der Waals surface area contributed by atoms with Gasteiger partial charge in [-0.2, -0.15) is 0 Å². The minimum atomic E-state index is -3.20. The van der Waals surface area contributed by atoms with Crippen LogP contribution in [0.15, 0.2) is 24.3 Å². The van der Waals surface area contributed by atoms with E-state index in [1.165, 1.54) is 0 Å². The maximum Gasteiger partial charge on any atom is 0.211 e. The van der Waals surface area contributed by atoms with E-state index in [-0.39, 0.29) is 11.8 Å². The molecule has 0 aliphatic heterocycles. The topological polar surface area (TPSA) is 55.4 Å². The molecule has 1 aromatic rings. The Balaban J connectivity index is 2.92. The standard InChI is InChI=1S/C11H17NO3S/c1-4-16(13,14)12-9(2)10-7-5-6-8-11(10)15-3/h5-9,12H,4H2,1-3H3/t9-/m1/s1. The first-order valence-electron chi connectivity index (χ1n) is 5.13. The number of rotatable bonds is 5. The fourth-order valence-electron chi connectivity index (χ4n) is 1.44. The average Bonchev–Trinajstić information content (AvgIpc) is 2.28. The molecule has 0 aliphatic carbocycles. The number of hydrogen-bond donors (Lipinski definition) is 1. The van der Waals surface area contributed by atoms with E-state index < -0.39 is 10.0 Å². The van der Waals surface area contributed by atoms with Crippen molar-refractivity contribution in [1.29, 1.82) is 0 Å². The van der Waals surface area contributed by atoms with Crippen LogP contribution in [0, 0.1) is 0 Å². The Bertz CT molecular complexity index is 442. The zero-order valence-corrected chi connectivity index (χ0v) is 10.5. The van der Waals surface area contributed by atoms with Gasteiger partial charge < -0.3 is 4.74 Å². The lowest BCUT2D eigenvalue weighted by Gasteiger charge is -2.16. The highest BCUT2D eigenvalue weighted by Gasteiger charge is 2.16. The molecule has 0 fully saturated rings. The van der Waals surface area contributed by atoms with Crippen LogP contribution in [0.4, 0.5) is 0 Å². The van der Waals surface area contributed by atoms with Crippen LogP contribution in [-0.2, 0) is 10.0 Å². The quantitative estimate of drug-likeness (QED) is 0.856. The summed E-state index contributed by atoms with van der Waals surface area (Å²) >= 11 is 0. The molecule has 4 nitrogen and oxygen atoms in total. The van der Waals surface area contributed by atoms with E-state index in [0.717, 1.165) is 5.56 Å². The number of para-hydroxylation sites is 1. The van der Waals surface area contributed by atoms with Crippen LogP contribution >= 0.6 is 0 Å². The molecule has 0 aromatic heterocycles. The maximum atomic E-state index is 11.4. The van der Waals surface area contributed by atoms with Gasteiger partial charge in [0.15, 0.2) is 0 Å². The molecule has 0 heterocycles. The third-order valence-corrected chi connectivity index (χ3v) is 3.81. The third kappa shape index (κ3) is 3.21. The maximum absolute atomic E-state index is 11.4. The Morgan fingerprint density at radius 3 is 2.56 bits per heavy atom. The van der Waals surface area contributed by atoms with Crippen molar-refractivity contribution in [2.45, 2.75) is 19.9 Å². The van der Waals surface area contributed by atoms with Crippen molar-refractivity contribution in [3.63, 3.8) is 0 Å². The fourth-order valence-corrected chi connectivity index (χ4v) is 2.27. The van der Waals surface area contributed by atoms with Crippen LogP contribution in [0.2, 0.25) is 0 Å². The molecule has 1 aromatic carbocycles. The van der Waals surface area contributed by atoms with Gasteiger partial charge in [-0.05, 0) is 19.9 Å². The molecule has 0 unspecified atom stereocenters. The molecule has 0 bridgehead atoms. The predicted octanol–water partition coefficient (Wildman–Crippen LogP) is 1.70. The van der Waals surface area contributed by atoms with Gasteiger partial charge in [0.05, 0.1) is 12.9 Å². The lowest BCUT2D eigenvalue weighted by molar-refractivity contribution is 0.405. The summed E-state index contributed by atoms with van der Waals surface area (Å²) in [5.74, 6) is 0.765. The molecule has 0 saturated heterocycles. The van der Waals surface area contributed by atoms with Gasteiger partial charge in [0.1, 0.15) is 5.75 Å². The second-order valence-electron chi connectivity index (χ2n) is 3.48. The summed E-state index contributed by atoms with van der Waals surface area (Å²) in [5.41, 5.74) is 0.835. The first kappa shape index (κ1) is 13.0. The van der Waals surface area contributed by atoms with E-state index in [9.17, 15) is 8.42 Å². The van der Waals surface area contributed by atoms with Crippen molar-refractivity contribution in [1.82, 2.24) is 4.72 Å². The molecule has 0 radical (unpaired) electrons. The first-order valence-corrected chi connectivity index (χ1v) is 6.78. The summed E-state index contributed by atoms with van der Waals surface area (Å²) in [5, 5.41) is 0. The molecule has 5 heteroatoms. The highest BCUT2D eigenvalue weighted by atomic mass is 32.2. The molecule has 1 N–H and O–H groups in total. The second kappa shape index (κ2) is 5.32. The van der Waals surface area contributed by atoms with Crippen LogP contribution in [0.5, 0.6) is 5.75 Å². The Labute approximate surface area is 96.7 Å². The van der Waals surface area contributed by atoms with Crippen LogP contribution in [-0.4, -0.2) is 21.3 Å². The molecule has 0 spiro atoms. The number of sulfonamides is 1. The van der Waals surface area contributed by atoms with Crippen molar-refractivity contribution in [3.8, 4) is 5.75 Å². The Morgan fingerprint density at radius 2 is 2.00 bits per heavy atom. The summed E-state index contributed by atoms with van der Waals surface area (Å²) in [7, 11) is -1.63. The van der Waals surface area contributed by atoms with Crippen molar-refractivity contribution in [2.24, 2.45) is 0 Å². The molecule has 0 aliphatic rings. The monoisotopic (exact) mass is 243 g/mol.